The van der Waals surface area contributed by atoms with Crippen LogP contribution in [0.5, 0.6) is 0 Å². The van der Waals surface area contributed by atoms with Gasteiger partial charge in [0.25, 0.3) is 0 Å². The fourth-order valence-electron chi connectivity index (χ4n) is 2.43. The molecule has 0 bridgehead atoms. The standard InChI is InChI=1S/C14H27NO/c1-3-15-14(11-12-16-2)13-9-7-5-4-6-8-10-13/h9,14-15H,3-8,10-12H2,1-2H3. The summed E-state index contributed by atoms with van der Waals surface area (Å²) in [4.78, 5) is 0. The monoisotopic (exact) mass is 225 g/mol. The Kier molecular flexibility index (Phi) is 7.52. The molecule has 16 heavy (non-hydrogen) atoms. The molecule has 0 aromatic rings. The van der Waals surface area contributed by atoms with Crippen LogP contribution < -0.4 is 5.32 Å². The highest BCUT2D eigenvalue weighted by atomic mass is 16.5. The Morgan fingerprint density at radius 3 is 2.88 bits per heavy atom. The normalized spacial score (nSPS) is 19.8. The van der Waals surface area contributed by atoms with E-state index in [9.17, 15) is 0 Å². The van der Waals surface area contributed by atoms with Crippen LogP contribution in [0.25, 0.3) is 0 Å². The van der Waals surface area contributed by atoms with Gasteiger partial charge in [0.2, 0.25) is 0 Å². The number of hydrogen-bond donors (Lipinski definition) is 1. The van der Waals surface area contributed by atoms with E-state index in [1.165, 1.54) is 38.5 Å². The number of likely N-dealkylation sites (N-methyl/N-ethyl adjacent to an activating group) is 1. The summed E-state index contributed by atoms with van der Waals surface area (Å²) in [5.74, 6) is 0. The molecule has 1 N–H and O–H groups in total. The molecular formula is C14H27NO. The molecule has 0 radical (unpaired) electrons. The second-order valence-corrected chi connectivity index (χ2v) is 4.62. The van der Waals surface area contributed by atoms with Gasteiger partial charge in [-0.25, -0.2) is 0 Å². The molecule has 0 aliphatic heterocycles. The first kappa shape index (κ1) is 13.7. The van der Waals surface area contributed by atoms with Crippen molar-refractivity contribution in [2.75, 3.05) is 20.3 Å². The Morgan fingerprint density at radius 2 is 2.12 bits per heavy atom. The number of rotatable bonds is 6. The minimum Gasteiger partial charge on any atom is -0.385 e. The summed E-state index contributed by atoms with van der Waals surface area (Å²) >= 11 is 0. The Hall–Kier alpha value is -0.340. The van der Waals surface area contributed by atoms with Crippen LogP contribution in [0.1, 0.15) is 51.9 Å². The minimum absolute atomic E-state index is 0.544. The summed E-state index contributed by atoms with van der Waals surface area (Å²) in [6.07, 6.45) is 11.7. The van der Waals surface area contributed by atoms with E-state index in [1.807, 2.05) is 0 Å². The zero-order valence-electron chi connectivity index (χ0n) is 10.9. The molecule has 2 heteroatoms. The van der Waals surface area contributed by atoms with Crippen molar-refractivity contribution in [2.45, 2.75) is 57.9 Å². The Bertz CT molecular complexity index is 201. The topological polar surface area (TPSA) is 21.3 Å². The third-order valence-corrected chi connectivity index (χ3v) is 3.33. The summed E-state index contributed by atoms with van der Waals surface area (Å²) in [5, 5.41) is 3.59. The van der Waals surface area contributed by atoms with Gasteiger partial charge in [-0.15, -0.1) is 0 Å². The third-order valence-electron chi connectivity index (χ3n) is 3.33. The van der Waals surface area contributed by atoms with Crippen molar-refractivity contribution in [2.24, 2.45) is 0 Å². The first-order valence-electron chi connectivity index (χ1n) is 6.79. The number of ether oxygens (including phenoxy) is 1. The third kappa shape index (κ3) is 5.13. The van der Waals surface area contributed by atoms with Gasteiger partial charge in [0.1, 0.15) is 0 Å². The van der Waals surface area contributed by atoms with E-state index in [1.54, 1.807) is 12.7 Å². The molecule has 0 aromatic carbocycles. The number of methoxy groups -OCH3 is 1. The Morgan fingerprint density at radius 1 is 1.31 bits per heavy atom. The lowest BCUT2D eigenvalue weighted by Crippen LogP contribution is -2.32. The Balaban J connectivity index is 2.51. The van der Waals surface area contributed by atoms with Gasteiger partial charge in [-0.1, -0.05) is 31.4 Å². The molecule has 0 spiro atoms. The van der Waals surface area contributed by atoms with E-state index in [0.29, 0.717) is 6.04 Å². The van der Waals surface area contributed by atoms with E-state index in [4.69, 9.17) is 4.74 Å². The average Bonchev–Trinajstić information content (AvgIpc) is 2.24. The van der Waals surface area contributed by atoms with E-state index in [-0.39, 0.29) is 0 Å². The van der Waals surface area contributed by atoms with Gasteiger partial charge >= 0.3 is 0 Å². The van der Waals surface area contributed by atoms with Crippen molar-refractivity contribution < 1.29 is 4.74 Å². The van der Waals surface area contributed by atoms with Crippen molar-refractivity contribution in [3.05, 3.63) is 11.6 Å². The zero-order valence-corrected chi connectivity index (χ0v) is 10.9. The van der Waals surface area contributed by atoms with E-state index in [0.717, 1.165) is 19.6 Å². The van der Waals surface area contributed by atoms with E-state index >= 15 is 0 Å². The first-order valence-corrected chi connectivity index (χ1v) is 6.79. The molecule has 0 amide bonds. The van der Waals surface area contributed by atoms with E-state index in [2.05, 4.69) is 18.3 Å². The van der Waals surface area contributed by atoms with Crippen molar-refractivity contribution >= 4 is 0 Å². The zero-order chi connectivity index (χ0) is 11.6. The molecule has 0 saturated carbocycles. The molecule has 1 aliphatic rings. The van der Waals surface area contributed by atoms with Crippen molar-refractivity contribution in [3.8, 4) is 0 Å². The summed E-state index contributed by atoms with van der Waals surface area (Å²) in [6.45, 7) is 4.09. The molecule has 1 rings (SSSR count). The summed E-state index contributed by atoms with van der Waals surface area (Å²) in [5.41, 5.74) is 1.62. The maximum atomic E-state index is 5.20. The van der Waals surface area contributed by atoms with Crippen molar-refractivity contribution in [1.82, 2.24) is 5.32 Å². The molecule has 1 unspecified atom stereocenters. The molecule has 0 aromatic heterocycles. The lowest BCUT2D eigenvalue weighted by Gasteiger charge is -2.22. The van der Waals surface area contributed by atoms with Crippen LogP contribution in [0.2, 0.25) is 0 Å². The van der Waals surface area contributed by atoms with Crippen LogP contribution in [0, 0.1) is 0 Å². The van der Waals surface area contributed by atoms with Crippen LogP contribution in [0.3, 0.4) is 0 Å². The predicted molar refractivity (Wildman–Crippen MR) is 69.7 cm³/mol. The quantitative estimate of drug-likeness (QED) is 0.700. The summed E-state index contributed by atoms with van der Waals surface area (Å²) < 4.78 is 5.20. The lowest BCUT2D eigenvalue weighted by atomic mass is 9.93. The smallest absolute Gasteiger partial charge is 0.0480 e. The molecule has 1 atom stereocenters. The molecule has 1 aliphatic carbocycles. The van der Waals surface area contributed by atoms with Gasteiger partial charge in [-0.05, 0) is 38.6 Å². The Labute approximate surface area is 100 Å². The van der Waals surface area contributed by atoms with Crippen LogP contribution in [-0.2, 0) is 4.74 Å². The highest BCUT2D eigenvalue weighted by Gasteiger charge is 2.13. The van der Waals surface area contributed by atoms with Gasteiger partial charge in [0.05, 0.1) is 0 Å². The first-order chi connectivity index (χ1) is 7.88. The number of nitrogens with one attached hydrogen (secondary N) is 1. The van der Waals surface area contributed by atoms with Crippen LogP contribution >= 0.6 is 0 Å². The molecule has 0 fully saturated rings. The largest absolute Gasteiger partial charge is 0.385 e. The van der Waals surface area contributed by atoms with Crippen molar-refractivity contribution in [3.63, 3.8) is 0 Å². The fourth-order valence-corrected chi connectivity index (χ4v) is 2.43. The maximum Gasteiger partial charge on any atom is 0.0480 e. The fraction of sp³-hybridized carbons (Fsp3) is 0.857. The van der Waals surface area contributed by atoms with Crippen LogP contribution in [0.15, 0.2) is 11.6 Å². The number of hydrogen-bond acceptors (Lipinski definition) is 2. The van der Waals surface area contributed by atoms with Crippen LogP contribution in [0.4, 0.5) is 0 Å². The SMILES string of the molecule is CCNC(CCOC)C1=CCCCCCC1. The van der Waals surface area contributed by atoms with Gasteiger partial charge in [0.15, 0.2) is 0 Å². The average molecular weight is 225 g/mol. The summed E-state index contributed by atoms with van der Waals surface area (Å²) in [7, 11) is 1.79. The minimum atomic E-state index is 0.544. The van der Waals surface area contributed by atoms with Gasteiger partial charge in [0, 0.05) is 19.8 Å². The molecular weight excluding hydrogens is 198 g/mol. The lowest BCUT2D eigenvalue weighted by molar-refractivity contribution is 0.186. The molecule has 0 saturated heterocycles. The summed E-state index contributed by atoms with van der Waals surface area (Å²) in [6, 6.07) is 0.544. The van der Waals surface area contributed by atoms with Gasteiger partial charge < -0.3 is 10.1 Å². The molecule has 94 valence electrons. The highest BCUT2D eigenvalue weighted by Crippen LogP contribution is 2.21. The second-order valence-electron chi connectivity index (χ2n) is 4.62. The van der Waals surface area contributed by atoms with E-state index < -0.39 is 0 Å². The highest BCUT2D eigenvalue weighted by molar-refractivity contribution is 5.11. The van der Waals surface area contributed by atoms with Crippen LogP contribution in [-0.4, -0.2) is 26.3 Å². The molecule has 0 heterocycles. The maximum absolute atomic E-state index is 5.20. The second kappa shape index (κ2) is 8.77. The van der Waals surface area contributed by atoms with Crippen molar-refractivity contribution in [1.29, 1.82) is 0 Å². The number of allylic oxidation sites excluding steroid dienone is 1. The predicted octanol–water partition coefficient (Wildman–Crippen LogP) is 3.28. The van der Waals surface area contributed by atoms with Gasteiger partial charge in [-0.2, -0.15) is 0 Å². The molecule has 2 nitrogen and oxygen atoms in total. The van der Waals surface area contributed by atoms with Gasteiger partial charge in [-0.3, -0.25) is 0 Å².